The number of anilines is 2. The van der Waals surface area contributed by atoms with Gasteiger partial charge < -0.3 is 14.9 Å². The summed E-state index contributed by atoms with van der Waals surface area (Å²) in [6.45, 7) is 0. The van der Waals surface area contributed by atoms with Crippen LogP contribution in [-0.2, 0) is 4.74 Å². The third-order valence-corrected chi connectivity index (χ3v) is 3.73. The summed E-state index contributed by atoms with van der Waals surface area (Å²) in [5, 5.41) is 18.2. The summed E-state index contributed by atoms with van der Waals surface area (Å²) in [4.78, 5) is 48.7. The Morgan fingerprint density at radius 2 is 1.04 bits per heavy atom. The third-order valence-electron chi connectivity index (χ3n) is 3.73. The van der Waals surface area contributed by atoms with Crippen molar-refractivity contribution >= 4 is 35.5 Å². The Balaban J connectivity index is 2.32. The standard InChI is InChI=1S/C18H16N2O7/c1-19(17(23)24)13-9-5-3-7-11(13)15(21)27-16(22)12-8-4-6-10-14(12)20(2)18(25)26/h3-10H,1-2H3,(H,23,24)(H,25,26). The Morgan fingerprint density at radius 3 is 1.37 bits per heavy atom. The molecule has 27 heavy (non-hydrogen) atoms. The van der Waals surface area contributed by atoms with Crippen LogP contribution in [0.1, 0.15) is 20.7 Å². The molecule has 0 radical (unpaired) electrons. The largest absolute Gasteiger partial charge is 0.465 e. The molecular weight excluding hydrogens is 356 g/mol. The predicted molar refractivity (Wildman–Crippen MR) is 95.5 cm³/mol. The lowest BCUT2D eigenvalue weighted by atomic mass is 10.1. The molecule has 9 nitrogen and oxygen atoms in total. The van der Waals surface area contributed by atoms with E-state index in [0.717, 1.165) is 9.80 Å². The molecule has 0 unspecified atom stereocenters. The lowest BCUT2D eigenvalue weighted by Gasteiger charge is -2.18. The number of carbonyl (C=O) groups is 4. The van der Waals surface area contributed by atoms with Crippen LogP contribution in [0.25, 0.3) is 0 Å². The minimum absolute atomic E-state index is 0.0405. The van der Waals surface area contributed by atoms with Gasteiger partial charge in [-0.3, -0.25) is 9.80 Å². The highest BCUT2D eigenvalue weighted by molar-refractivity contribution is 6.09. The first-order valence-corrected chi connectivity index (χ1v) is 7.62. The van der Waals surface area contributed by atoms with Gasteiger partial charge in [0.2, 0.25) is 0 Å². The van der Waals surface area contributed by atoms with Gasteiger partial charge in [-0.05, 0) is 24.3 Å². The average molecular weight is 372 g/mol. The van der Waals surface area contributed by atoms with Crippen molar-refractivity contribution in [2.24, 2.45) is 0 Å². The van der Waals surface area contributed by atoms with Gasteiger partial charge in [-0.1, -0.05) is 24.3 Å². The zero-order valence-electron chi connectivity index (χ0n) is 14.4. The van der Waals surface area contributed by atoms with Crippen LogP contribution < -0.4 is 9.80 Å². The van der Waals surface area contributed by atoms with Gasteiger partial charge in [0.25, 0.3) is 0 Å². The summed E-state index contributed by atoms with van der Waals surface area (Å²) < 4.78 is 4.85. The topological polar surface area (TPSA) is 124 Å². The molecule has 0 fully saturated rings. The van der Waals surface area contributed by atoms with E-state index in [1.165, 1.54) is 62.6 Å². The molecule has 2 N–H and O–H groups in total. The Morgan fingerprint density at radius 1 is 0.704 bits per heavy atom. The van der Waals surface area contributed by atoms with E-state index in [2.05, 4.69) is 0 Å². The molecule has 0 spiro atoms. The second kappa shape index (κ2) is 8.00. The third kappa shape index (κ3) is 4.21. The SMILES string of the molecule is CN(C(=O)O)c1ccccc1C(=O)OC(=O)c1ccccc1N(C)C(=O)O. The van der Waals surface area contributed by atoms with Crippen LogP contribution in [0.2, 0.25) is 0 Å². The monoisotopic (exact) mass is 372 g/mol. The van der Waals surface area contributed by atoms with Crippen molar-refractivity contribution in [2.45, 2.75) is 0 Å². The molecule has 9 heteroatoms. The lowest BCUT2D eigenvalue weighted by Crippen LogP contribution is -2.27. The van der Waals surface area contributed by atoms with E-state index in [1.807, 2.05) is 0 Å². The van der Waals surface area contributed by atoms with Gasteiger partial charge in [0, 0.05) is 14.1 Å². The normalized spacial score (nSPS) is 10.0. The summed E-state index contributed by atoms with van der Waals surface area (Å²) in [5.41, 5.74) is -0.169. The molecule has 0 heterocycles. The number of carboxylic acid groups (broad SMARTS) is 2. The van der Waals surface area contributed by atoms with E-state index >= 15 is 0 Å². The summed E-state index contributed by atoms with van der Waals surface area (Å²) in [5.74, 6) is -2.12. The molecule has 0 aliphatic carbocycles. The number of rotatable bonds is 4. The number of benzene rings is 2. The number of hydrogen-bond acceptors (Lipinski definition) is 5. The molecule has 0 aromatic heterocycles. The van der Waals surface area contributed by atoms with Gasteiger partial charge >= 0.3 is 24.1 Å². The predicted octanol–water partition coefficient (Wildman–Crippen LogP) is 2.91. The molecule has 0 aliphatic rings. The quantitative estimate of drug-likeness (QED) is 0.624. The summed E-state index contributed by atoms with van der Waals surface area (Å²) in [6, 6.07) is 11.5. The van der Waals surface area contributed by atoms with Crippen LogP contribution in [0.5, 0.6) is 0 Å². The molecule has 0 saturated heterocycles. The second-order valence-electron chi connectivity index (χ2n) is 5.39. The maximum atomic E-state index is 12.4. The molecule has 0 aliphatic heterocycles. The number of nitrogens with zero attached hydrogens (tertiary/aromatic N) is 2. The zero-order valence-corrected chi connectivity index (χ0v) is 14.4. The molecule has 2 aromatic rings. The van der Waals surface area contributed by atoms with Crippen molar-refractivity contribution in [1.29, 1.82) is 0 Å². The van der Waals surface area contributed by atoms with Crippen molar-refractivity contribution in [3.63, 3.8) is 0 Å². The van der Waals surface area contributed by atoms with Gasteiger partial charge in [-0.2, -0.15) is 0 Å². The van der Waals surface area contributed by atoms with E-state index in [9.17, 15) is 19.2 Å². The van der Waals surface area contributed by atoms with E-state index in [4.69, 9.17) is 14.9 Å². The van der Waals surface area contributed by atoms with Crippen LogP contribution in [0.15, 0.2) is 48.5 Å². The van der Waals surface area contributed by atoms with Crippen LogP contribution in [0.3, 0.4) is 0 Å². The van der Waals surface area contributed by atoms with Crippen LogP contribution in [-0.4, -0.2) is 48.4 Å². The molecule has 0 bridgehead atoms. The van der Waals surface area contributed by atoms with Crippen molar-refractivity contribution in [3.8, 4) is 0 Å². The van der Waals surface area contributed by atoms with E-state index in [1.54, 1.807) is 0 Å². The highest BCUT2D eigenvalue weighted by atomic mass is 16.6. The van der Waals surface area contributed by atoms with Gasteiger partial charge in [0.15, 0.2) is 0 Å². The minimum Gasteiger partial charge on any atom is -0.465 e. The summed E-state index contributed by atoms with van der Waals surface area (Å²) >= 11 is 0. The molecule has 140 valence electrons. The number of hydrogen-bond donors (Lipinski definition) is 2. The minimum atomic E-state index is -1.30. The fraction of sp³-hybridized carbons (Fsp3) is 0.111. The van der Waals surface area contributed by atoms with E-state index in [-0.39, 0.29) is 22.5 Å². The van der Waals surface area contributed by atoms with Crippen LogP contribution in [0, 0.1) is 0 Å². The maximum absolute atomic E-state index is 12.4. The summed E-state index contributed by atoms with van der Waals surface area (Å²) in [7, 11) is 2.49. The molecule has 2 rings (SSSR count). The first-order valence-electron chi connectivity index (χ1n) is 7.62. The Bertz CT molecular complexity index is 837. The second-order valence-corrected chi connectivity index (χ2v) is 5.39. The van der Waals surface area contributed by atoms with Crippen molar-refractivity contribution in [3.05, 3.63) is 59.7 Å². The van der Waals surface area contributed by atoms with Crippen LogP contribution in [0.4, 0.5) is 21.0 Å². The lowest BCUT2D eigenvalue weighted by molar-refractivity contribution is 0.0399. The summed E-state index contributed by atoms with van der Waals surface area (Å²) in [6.07, 6.45) is -2.59. The first-order chi connectivity index (χ1) is 12.7. The van der Waals surface area contributed by atoms with E-state index < -0.39 is 24.1 Å². The number of ether oxygens (including phenoxy) is 1. The van der Waals surface area contributed by atoms with Gasteiger partial charge in [0.1, 0.15) is 0 Å². The highest BCUT2D eigenvalue weighted by Crippen LogP contribution is 2.23. The van der Waals surface area contributed by atoms with Crippen molar-refractivity contribution < 1.29 is 34.1 Å². The van der Waals surface area contributed by atoms with Crippen molar-refractivity contribution in [2.75, 3.05) is 23.9 Å². The van der Waals surface area contributed by atoms with Gasteiger partial charge in [0.05, 0.1) is 22.5 Å². The smallest absolute Gasteiger partial charge is 0.411 e. The molecule has 0 saturated carbocycles. The van der Waals surface area contributed by atoms with E-state index in [0.29, 0.717) is 0 Å². The zero-order chi connectivity index (χ0) is 20.1. The number of para-hydroxylation sites is 2. The Hall–Kier alpha value is -3.88. The number of esters is 2. The molecular formula is C18H16N2O7. The fourth-order valence-electron chi connectivity index (χ4n) is 2.28. The Labute approximate surface area is 154 Å². The van der Waals surface area contributed by atoms with Crippen LogP contribution >= 0.6 is 0 Å². The fourth-order valence-corrected chi connectivity index (χ4v) is 2.28. The number of carbonyl (C=O) groups excluding carboxylic acids is 2. The highest BCUT2D eigenvalue weighted by Gasteiger charge is 2.24. The number of amides is 2. The van der Waals surface area contributed by atoms with Crippen molar-refractivity contribution in [1.82, 2.24) is 0 Å². The molecule has 2 amide bonds. The molecule has 0 atom stereocenters. The average Bonchev–Trinajstić information content (AvgIpc) is 2.66. The molecule has 2 aromatic carbocycles. The van der Waals surface area contributed by atoms with Gasteiger partial charge in [-0.25, -0.2) is 19.2 Å². The Kier molecular flexibility index (Phi) is 5.76. The maximum Gasteiger partial charge on any atom is 0.411 e. The first kappa shape index (κ1) is 19.4. The van der Waals surface area contributed by atoms with Gasteiger partial charge in [-0.15, -0.1) is 0 Å².